The third-order valence-electron chi connectivity index (χ3n) is 2.95. The van der Waals surface area contributed by atoms with Crippen LogP contribution < -0.4 is 5.73 Å². The fraction of sp³-hybridized carbons (Fsp3) is 0.600. The second-order valence-corrected chi connectivity index (χ2v) is 6.78. The Balaban J connectivity index is 2.51. The van der Waals surface area contributed by atoms with Crippen molar-refractivity contribution >= 4 is 11.8 Å². The van der Waals surface area contributed by atoms with Crippen LogP contribution in [0.3, 0.4) is 0 Å². The maximum atomic E-state index is 8.71. The molecule has 0 saturated carbocycles. The van der Waals surface area contributed by atoms with Gasteiger partial charge in [0.25, 0.3) is 0 Å². The zero-order chi connectivity index (χ0) is 13.6. The molecule has 0 aliphatic rings. The highest BCUT2D eigenvalue weighted by Crippen LogP contribution is 2.24. The Bertz CT molecular complexity index is 343. The quantitative estimate of drug-likeness (QED) is 0.779. The molecule has 0 aromatic heterocycles. The predicted octanol–water partition coefficient (Wildman–Crippen LogP) is 3.10. The van der Waals surface area contributed by atoms with E-state index in [1.807, 2.05) is 0 Å². The van der Waals surface area contributed by atoms with E-state index in [1.54, 1.807) is 11.8 Å². The summed E-state index contributed by atoms with van der Waals surface area (Å²) in [6.45, 7) is 6.91. The number of aliphatic hydroxyl groups is 1. The SMILES string of the molecule is CC(C)(C)c1ccc(C(N)CSCCCO)cc1. The van der Waals surface area contributed by atoms with Gasteiger partial charge in [-0.1, -0.05) is 45.0 Å². The number of aliphatic hydroxyl groups excluding tert-OH is 1. The van der Waals surface area contributed by atoms with Crippen molar-refractivity contribution < 1.29 is 5.11 Å². The second kappa shape index (κ2) is 7.17. The Kier molecular flexibility index (Phi) is 6.19. The standard InChI is InChI=1S/C15H25NOS/c1-15(2,3)13-7-5-12(6-8-13)14(16)11-18-10-4-9-17/h5-8,14,17H,4,9-11,16H2,1-3H3. The van der Waals surface area contributed by atoms with Gasteiger partial charge in [-0.15, -0.1) is 0 Å². The van der Waals surface area contributed by atoms with Gasteiger partial charge in [-0.2, -0.15) is 11.8 Å². The van der Waals surface area contributed by atoms with E-state index in [-0.39, 0.29) is 18.1 Å². The van der Waals surface area contributed by atoms with Crippen molar-refractivity contribution in [2.75, 3.05) is 18.1 Å². The Labute approximate surface area is 115 Å². The highest BCUT2D eigenvalue weighted by atomic mass is 32.2. The van der Waals surface area contributed by atoms with Crippen LogP contribution in [0.15, 0.2) is 24.3 Å². The molecule has 1 aromatic carbocycles. The smallest absolute Gasteiger partial charge is 0.0438 e. The molecule has 0 bridgehead atoms. The van der Waals surface area contributed by atoms with Gasteiger partial charge in [0.05, 0.1) is 0 Å². The summed E-state index contributed by atoms with van der Waals surface area (Å²) >= 11 is 1.81. The van der Waals surface area contributed by atoms with E-state index in [1.165, 1.54) is 11.1 Å². The molecule has 1 atom stereocenters. The van der Waals surface area contributed by atoms with Crippen LogP contribution in [0.25, 0.3) is 0 Å². The maximum Gasteiger partial charge on any atom is 0.0438 e. The molecule has 3 heteroatoms. The van der Waals surface area contributed by atoms with Gasteiger partial charge in [0.1, 0.15) is 0 Å². The summed E-state index contributed by atoms with van der Waals surface area (Å²) < 4.78 is 0. The Morgan fingerprint density at radius 3 is 2.33 bits per heavy atom. The summed E-state index contributed by atoms with van der Waals surface area (Å²) in [4.78, 5) is 0. The molecule has 3 N–H and O–H groups in total. The van der Waals surface area contributed by atoms with Crippen molar-refractivity contribution in [2.45, 2.75) is 38.6 Å². The zero-order valence-corrected chi connectivity index (χ0v) is 12.5. The highest BCUT2D eigenvalue weighted by molar-refractivity contribution is 7.99. The van der Waals surface area contributed by atoms with Gasteiger partial charge < -0.3 is 10.8 Å². The van der Waals surface area contributed by atoms with Crippen molar-refractivity contribution in [3.05, 3.63) is 35.4 Å². The third-order valence-corrected chi connectivity index (χ3v) is 4.12. The van der Waals surface area contributed by atoms with E-state index >= 15 is 0 Å². The van der Waals surface area contributed by atoms with Crippen molar-refractivity contribution in [1.82, 2.24) is 0 Å². The molecule has 0 heterocycles. The predicted molar refractivity (Wildman–Crippen MR) is 81.1 cm³/mol. The first kappa shape index (κ1) is 15.5. The van der Waals surface area contributed by atoms with Crippen LogP contribution in [0.2, 0.25) is 0 Å². The average Bonchev–Trinajstić information content (AvgIpc) is 2.33. The Hall–Kier alpha value is -0.510. The minimum Gasteiger partial charge on any atom is -0.396 e. The fourth-order valence-electron chi connectivity index (χ4n) is 1.70. The van der Waals surface area contributed by atoms with E-state index in [0.29, 0.717) is 0 Å². The number of hydrogen-bond acceptors (Lipinski definition) is 3. The molecule has 1 aromatic rings. The van der Waals surface area contributed by atoms with Gasteiger partial charge in [-0.05, 0) is 28.7 Å². The van der Waals surface area contributed by atoms with Crippen LogP contribution in [-0.2, 0) is 5.41 Å². The summed E-state index contributed by atoms with van der Waals surface area (Å²) in [7, 11) is 0. The fourth-order valence-corrected chi connectivity index (χ4v) is 2.65. The van der Waals surface area contributed by atoms with Crippen molar-refractivity contribution in [1.29, 1.82) is 0 Å². The lowest BCUT2D eigenvalue weighted by Crippen LogP contribution is -2.15. The van der Waals surface area contributed by atoms with Crippen LogP contribution in [-0.4, -0.2) is 23.2 Å². The Morgan fingerprint density at radius 2 is 1.83 bits per heavy atom. The molecule has 0 aliphatic carbocycles. The minimum atomic E-state index is 0.0858. The molecule has 18 heavy (non-hydrogen) atoms. The molecule has 0 saturated heterocycles. The normalized spacial score (nSPS) is 13.6. The first-order chi connectivity index (χ1) is 8.45. The first-order valence-corrected chi connectivity index (χ1v) is 7.65. The molecule has 0 aliphatic heterocycles. The van der Waals surface area contributed by atoms with Crippen LogP contribution >= 0.6 is 11.8 Å². The van der Waals surface area contributed by atoms with E-state index in [0.717, 1.165) is 17.9 Å². The molecule has 1 rings (SSSR count). The number of hydrogen-bond donors (Lipinski definition) is 2. The molecular weight excluding hydrogens is 242 g/mol. The summed E-state index contributed by atoms with van der Waals surface area (Å²) in [5, 5.41) is 8.71. The van der Waals surface area contributed by atoms with Gasteiger partial charge in [0.2, 0.25) is 0 Å². The van der Waals surface area contributed by atoms with E-state index in [4.69, 9.17) is 10.8 Å². The van der Waals surface area contributed by atoms with Gasteiger partial charge >= 0.3 is 0 Å². The number of rotatable bonds is 6. The van der Waals surface area contributed by atoms with Crippen LogP contribution in [0.4, 0.5) is 0 Å². The lowest BCUT2D eigenvalue weighted by molar-refractivity contribution is 0.296. The molecular formula is C15H25NOS. The zero-order valence-electron chi connectivity index (χ0n) is 11.6. The number of nitrogens with two attached hydrogens (primary N) is 1. The molecule has 0 fully saturated rings. The topological polar surface area (TPSA) is 46.2 Å². The van der Waals surface area contributed by atoms with E-state index in [2.05, 4.69) is 45.0 Å². The lowest BCUT2D eigenvalue weighted by Gasteiger charge is -2.20. The monoisotopic (exact) mass is 267 g/mol. The van der Waals surface area contributed by atoms with Gasteiger partial charge in [0, 0.05) is 18.4 Å². The molecule has 102 valence electrons. The molecule has 0 spiro atoms. The molecule has 1 unspecified atom stereocenters. The van der Waals surface area contributed by atoms with Crippen molar-refractivity contribution in [3.8, 4) is 0 Å². The summed E-state index contributed by atoms with van der Waals surface area (Å²) in [6.07, 6.45) is 0.848. The minimum absolute atomic E-state index is 0.0858. The average molecular weight is 267 g/mol. The maximum absolute atomic E-state index is 8.71. The van der Waals surface area contributed by atoms with Crippen LogP contribution in [0, 0.1) is 0 Å². The highest BCUT2D eigenvalue weighted by Gasteiger charge is 2.14. The summed E-state index contributed by atoms with van der Waals surface area (Å²) in [6, 6.07) is 8.71. The van der Waals surface area contributed by atoms with Gasteiger partial charge in [0.15, 0.2) is 0 Å². The largest absolute Gasteiger partial charge is 0.396 e. The summed E-state index contributed by atoms with van der Waals surface area (Å²) in [5.41, 5.74) is 8.88. The first-order valence-electron chi connectivity index (χ1n) is 6.50. The van der Waals surface area contributed by atoms with Gasteiger partial charge in [-0.3, -0.25) is 0 Å². The molecule has 2 nitrogen and oxygen atoms in total. The van der Waals surface area contributed by atoms with Crippen LogP contribution in [0.1, 0.15) is 44.4 Å². The van der Waals surface area contributed by atoms with E-state index < -0.39 is 0 Å². The van der Waals surface area contributed by atoms with Crippen molar-refractivity contribution in [3.63, 3.8) is 0 Å². The third kappa shape index (κ3) is 5.01. The van der Waals surface area contributed by atoms with Crippen molar-refractivity contribution in [2.24, 2.45) is 5.73 Å². The van der Waals surface area contributed by atoms with Crippen LogP contribution in [0.5, 0.6) is 0 Å². The molecule has 0 radical (unpaired) electrons. The Morgan fingerprint density at radius 1 is 1.22 bits per heavy atom. The van der Waals surface area contributed by atoms with Gasteiger partial charge in [-0.25, -0.2) is 0 Å². The summed E-state index contributed by atoms with van der Waals surface area (Å²) in [5.74, 6) is 1.89. The number of thioether (sulfide) groups is 1. The van der Waals surface area contributed by atoms with E-state index in [9.17, 15) is 0 Å². The lowest BCUT2D eigenvalue weighted by atomic mass is 9.86. The molecule has 0 amide bonds. The number of benzene rings is 1. The second-order valence-electron chi connectivity index (χ2n) is 5.63.